The summed E-state index contributed by atoms with van der Waals surface area (Å²) in [5.41, 5.74) is 2.07. The van der Waals surface area contributed by atoms with Crippen LogP contribution in [-0.4, -0.2) is 37.9 Å². The molecule has 0 spiro atoms. The molecule has 0 aliphatic heterocycles. The van der Waals surface area contributed by atoms with E-state index in [1.165, 1.54) is 0 Å². The summed E-state index contributed by atoms with van der Waals surface area (Å²) >= 11 is 0. The molecule has 0 amide bonds. The highest BCUT2D eigenvalue weighted by atomic mass is 16.5. The molecule has 4 heteroatoms. The lowest BCUT2D eigenvalue weighted by Gasteiger charge is -2.23. The van der Waals surface area contributed by atoms with Crippen molar-refractivity contribution in [3.8, 4) is 0 Å². The summed E-state index contributed by atoms with van der Waals surface area (Å²) in [5.74, 6) is -0.897. The third-order valence-corrected chi connectivity index (χ3v) is 2.72. The molecule has 0 unspecified atom stereocenters. The molecule has 1 aromatic carbocycles. The number of anilines is 1. The fourth-order valence-corrected chi connectivity index (χ4v) is 1.77. The lowest BCUT2D eigenvalue weighted by atomic mass is 10.1. The fourth-order valence-electron chi connectivity index (χ4n) is 1.77. The summed E-state index contributed by atoms with van der Waals surface area (Å²) in [7, 11) is 1.66. The summed E-state index contributed by atoms with van der Waals surface area (Å²) in [6.45, 7) is 7.59. The first kappa shape index (κ1) is 14.3. The van der Waals surface area contributed by atoms with Crippen molar-refractivity contribution in [3.63, 3.8) is 0 Å². The van der Waals surface area contributed by atoms with E-state index in [2.05, 4.69) is 11.5 Å². The third-order valence-electron chi connectivity index (χ3n) is 2.72. The minimum Gasteiger partial charge on any atom is -0.478 e. The van der Waals surface area contributed by atoms with E-state index in [4.69, 9.17) is 9.84 Å². The van der Waals surface area contributed by atoms with Gasteiger partial charge in [-0.15, -0.1) is 6.58 Å². The first-order valence-corrected chi connectivity index (χ1v) is 5.79. The van der Waals surface area contributed by atoms with Gasteiger partial charge in [-0.05, 0) is 30.7 Å². The Morgan fingerprint density at radius 1 is 1.56 bits per heavy atom. The summed E-state index contributed by atoms with van der Waals surface area (Å²) < 4.78 is 5.06. The second kappa shape index (κ2) is 6.81. The van der Waals surface area contributed by atoms with Gasteiger partial charge in [0.15, 0.2) is 0 Å². The molecule has 1 N–H and O–H groups in total. The third kappa shape index (κ3) is 3.60. The van der Waals surface area contributed by atoms with E-state index in [0.29, 0.717) is 18.7 Å². The van der Waals surface area contributed by atoms with E-state index in [1.54, 1.807) is 20.1 Å². The fraction of sp³-hybridized carbons (Fsp3) is 0.357. The number of carboxylic acids is 1. The normalized spacial score (nSPS) is 10.1. The number of nitrogens with zero attached hydrogens (tertiary/aromatic N) is 1. The predicted molar refractivity (Wildman–Crippen MR) is 72.4 cm³/mol. The van der Waals surface area contributed by atoms with Gasteiger partial charge in [-0.1, -0.05) is 6.08 Å². The van der Waals surface area contributed by atoms with Crippen LogP contribution in [0.4, 0.5) is 5.69 Å². The minimum absolute atomic E-state index is 0.337. The zero-order valence-electron chi connectivity index (χ0n) is 10.8. The van der Waals surface area contributed by atoms with Gasteiger partial charge in [0.2, 0.25) is 0 Å². The second-order valence-electron chi connectivity index (χ2n) is 4.03. The van der Waals surface area contributed by atoms with Crippen LogP contribution in [0.15, 0.2) is 30.9 Å². The maximum absolute atomic E-state index is 11.0. The quantitative estimate of drug-likeness (QED) is 0.753. The van der Waals surface area contributed by atoms with E-state index >= 15 is 0 Å². The Hall–Kier alpha value is -1.81. The molecule has 0 saturated heterocycles. The first-order chi connectivity index (χ1) is 8.60. The molecule has 0 fully saturated rings. The van der Waals surface area contributed by atoms with Gasteiger partial charge in [-0.3, -0.25) is 0 Å². The number of aryl methyl sites for hydroxylation is 1. The van der Waals surface area contributed by atoms with E-state index in [-0.39, 0.29) is 0 Å². The van der Waals surface area contributed by atoms with Crippen LogP contribution in [0.5, 0.6) is 0 Å². The highest BCUT2D eigenvalue weighted by Crippen LogP contribution is 2.19. The Kier molecular flexibility index (Phi) is 5.39. The number of aromatic carboxylic acids is 1. The lowest BCUT2D eigenvalue weighted by Crippen LogP contribution is -2.27. The van der Waals surface area contributed by atoms with E-state index in [9.17, 15) is 4.79 Å². The topological polar surface area (TPSA) is 49.8 Å². The molecule has 0 bridgehead atoms. The minimum atomic E-state index is -0.897. The molecule has 0 atom stereocenters. The van der Waals surface area contributed by atoms with Crippen molar-refractivity contribution >= 4 is 11.7 Å². The van der Waals surface area contributed by atoms with Crippen molar-refractivity contribution in [3.05, 3.63) is 42.0 Å². The van der Waals surface area contributed by atoms with Gasteiger partial charge in [0.05, 0.1) is 12.2 Å². The van der Waals surface area contributed by atoms with Crippen LogP contribution in [0.2, 0.25) is 0 Å². The van der Waals surface area contributed by atoms with Crippen molar-refractivity contribution in [1.82, 2.24) is 0 Å². The van der Waals surface area contributed by atoms with Crippen molar-refractivity contribution in [1.29, 1.82) is 0 Å². The van der Waals surface area contributed by atoms with Crippen LogP contribution < -0.4 is 4.90 Å². The number of hydrogen-bond acceptors (Lipinski definition) is 3. The van der Waals surface area contributed by atoms with Crippen molar-refractivity contribution in [2.24, 2.45) is 0 Å². The lowest BCUT2D eigenvalue weighted by molar-refractivity contribution is 0.0696. The van der Waals surface area contributed by atoms with E-state index < -0.39 is 5.97 Å². The molecule has 0 saturated carbocycles. The van der Waals surface area contributed by atoms with Crippen LogP contribution in [0.25, 0.3) is 0 Å². The largest absolute Gasteiger partial charge is 0.478 e. The van der Waals surface area contributed by atoms with Gasteiger partial charge >= 0.3 is 5.97 Å². The second-order valence-corrected chi connectivity index (χ2v) is 4.03. The van der Waals surface area contributed by atoms with Crippen LogP contribution in [0, 0.1) is 6.92 Å². The summed E-state index contributed by atoms with van der Waals surface area (Å²) in [6, 6.07) is 5.33. The van der Waals surface area contributed by atoms with Gasteiger partial charge in [0, 0.05) is 25.9 Å². The number of ether oxygens (including phenoxy) is 1. The molecular formula is C14H19NO3. The zero-order chi connectivity index (χ0) is 13.5. The Labute approximate surface area is 107 Å². The number of methoxy groups -OCH3 is 1. The number of carbonyl (C=O) groups is 1. The Morgan fingerprint density at radius 3 is 2.78 bits per heavy atom. The van der Waals surface area contributed by atoms with Gasteiger partial charge in [-0.2, -0.15) is 0 Å². The smallest absolute Gasteiger partial charge is 0.335 e. The standard InChI is InChI=1S/C14H19NO3/c1-4-7-15(8-9-18-3)12-5-6-13(14(16)17)11(2)10-12/h4-6,10H,1,7-9H2,2-3H3,(H,16,17). The van der Waals surface area contributed by atoms with Crippen LogP contribution in [0.3, 0.4) is 0 Å². The molecule has 0 heterocycles. The predicted octanol–water partition coefficient (Wildman–Crippen LogP) is 2.33. The summed E-state index contributed by atoms with van der Waals surface area (Å²) in [4.78, 5) is 13.0. The Balaban J connectivity index is 2.94. The maximum atomic E-state index is 11.0. The average molecular weight is 249 g/mol. The van der Waals surface area contributed by atoms with E-state index in [0.717, 1.165) is 17.8 Å². The first-order valence-electron chi connectivity index (χ1n) is 5.79. The van der Waals surface area contributed by atoms with Gasteiger partial charge in [0.25, 0.3) is 0 Å². The number of hydrogen-bond donors (Lipinski definition) is 1. The van der Waals surface area contributed by atoms with Crippen LogP contribution in [-0.2, 0) is 4.74 Å². The van der Waals surface area contributed by atoms with Gasteiger partial charge in [0.1, 0.15) is 0 Å². The van der Waals surface area contributed by atoms with Crippen molar-refractivity contribution in [2.75, 3.05) is 31.7 Å². The zero-order valence-corrected chi connectivity index (χ0v) is 10.8. The molecule has 1 aromatic rings. The van der Waals surface area contributed by atoms with Gasteiger partial charge < -0.3 is 14.7 Å². The molecule has 0 aliphatic carbocycles. The van der Waals surface area contributed by atoms with E-state index in [1.807, 2.05) is 18.2 Å². The monoisotopic (exact) mass is 249 g/mol. The van der Waals surface area contributed by atoms with Crippen molar-refractivity contribution < 1.29 is 14.6 Å². The molecule has 0 aromatic heterocycles. The maximum Gasteiger partial charge on any atom is 0.335 e. The number of carboxylic acid groups (broad SMARTS) is 1. The highest BCUT2D eigenvalue weighted by molar-refractivity contribution is 5.89. The molecule has 0 radical (unpaired) electrons. The summed E-state index contributed by atoms with van der Waals surface area (Å²) in [5, 5.41) is 8.99. The van der Waals surface area contributed by atoms with Crippen LogP contribution >= 0.6 is 0 Å². The molecular weight excluding hydrogens is 230 g/mol. The highest BCUT2D eigenvalue weighted by Gasteiger charge is 2.10. The molecule has 18 heavy (non-hydrogen) atoms. The average Bonchev–Trinajstić information content (AvgIpc) is 2.33. The Bertz CT molecular complexity index is 429. The van der Waals surface area contributed by atoms with Crippen molar-refractivity contribution in [2.45, 2.75) is 6.92 Å². The summed E-state index contributed by atoms with van der Waals surface area (Å²) in [6.07, 6.45) is 1.82. The van der Waals surface area contributed by atoms with Gasteiger partial charge in [-0.25, -0.2) is 4.79 Å². The Morgan fingerprint density at radius 2 is 2.28 bits per heavy atom. The molecule has 98 valence electrons. The SMILES string of the molecule is C=CCN(CCOC)c1ccc(C(=O)O)c(C)c1. The number of rotatable bonds is 7. The molecule has 1 rings (SSSR count). The number of benzene rings is 1. The molecule has 0 aliphatic rings. The van der Waals surface area contributed by atoms with Crippen LogP contribution in [0.1, 0.15) is 15.9 Å². The molecule has 4 nitrogen and oxygen atoms in total.